The van der Waals surface area contributed by atoms with Gasteiger partial charge in [0, 0.05) is 6.16 Å². The second kappa shape index (κ2) is 2.52. The monoisotopic (exact) mass is 98.0 g/mol. The minimum atomic E-state index is -2.60. The third-order valence-electron chi connectivity index (χ3n) is 0.239. The van der Waals surface area contributed by atoms with Crippen molar-refractivity contribution in [1.29, 1.82) is 0 Å². The Balaban J connectivity index is 2.54. The molecule has 0 spiro atoms. The highest BCUT2D eigenvalue weighted by atomic mass is 31.2. The first-order valence-corrected chi connectivity index (χ1v) is 2.67. The zero-order chi connectivity index (χ0) is 4.28. The van der Waals surface area contributed by atoms with Gasteiger partial charge in [-0.1, -0.05) is 6.92 Å². The Hall–Kier alpha value is 0.290. The van der Waals surface area contributed by atoms with E-state index >= 15 is 0 Å². The van der Waals surface area contributed by atoms with Gasteiger partial charge in [0.1, 0.15) is 0 Å². The lowest BCUT2D eigenvalue weighted by Gasteiger charge is -1.79. The van der Waals surface area contributed by atoms with Gasteiger partial charge < -0.3 is 0 Å². The van der Waals surface area contributed by atoms with Crippen molar-refractivity contribution in [3.05, 3.63) is 0 Å². The molecule has 0 bridgehead atoms. The summed E-state index contributed by atoms with van der Waals surface area (Å²) in [4.78, 5) is 0. The summed E-state index contributed by atoms with van der Waals surface area (Å²) in [6.45, 7) is 1.48. The molecule has 0 N–H and O–H groups in total. The minimum absolute atomic E-state index is 0.0370. The third kappa shape index (κ3) is 4.29. The number of rotatable bonds is 1. The third-order valence-corrected chi connectivity index (χ3v) is 0.717. The van der Waals surface area contributed by atoms with E-state index < -0.39 is 8.54 Å². The summed E-state index contributed by atoms with van der Waals surface area (Å²) in [6, 6.07) is 0. The van der Waals surface area contributed by atoms with Gasteiger partial charge in [-0.25, -0.2) is 0 Å². The van der Waals surface area contributed by atoms with Crippen LogP contribution in [0.2, 0.25) is 0 Å². The maximum Gasteiger partial charge on any atom is 0.265 e. The topological polar surface area (TPSA) is 0 Å². The molecule has 0 aliphatic carbocycles. The molecule has 0 unspecified atom stereocenters. The minimum Gasteiger partial charge on any atom is -0.189 e. The first-order valence-electron chi connectivity index (χ1n) is 1.36. The van der Waals surface area contributed by atoms with Crippen molar-refractivity contribution < 1.29 is 8.39 Å². The second-order valence-corrected chi connectivity index (χ2v) is 1.86. The fourth-order valence-corrected chi connectivity index (χ4v) is 0. The predicted molar refractivity (Wildman–Crippen MR) is 19.7 cm³/mol. The quantitative estimate of drug-likeness (QED) is 0.441. The summed E-state index contributed by atoms with van der Waals surface area (Å²) in [5.74, 6) is 0. The van der Waals surface area contributed by atoms with E-state index in [1.54, 1.807) is 0 Å². The molecule has 0 saturated heterocycles. The molecule has 32 valence electrons. The van der Waals surface area contributed by atoms with Crippen LogP contribution in [-0.4, -0.2) is 6.16 Å². The first-order chi connectivity index (χ1) is 2.27. The Kier molecular flexibility index (Phi) is 2.67. The van der Waals surface area contributed by atoms with Crippen LogP contribution in [0, 0.1) is 0 Å². The van der Waals surface area contributed by atoms with Crippen molar-refractivity contribution in [2.24, 2.45) is 0 Å². The molecule has 0 fully saturated rings. The van der Waals surface area contributed by atoms with Gasteiger partial charge in [0.2, 0.25) is 0 Å². The summed E-state index contributed by atoms with van der Waals surface area (Å²) < 4.78 is 21.7. The van der Waals surface area contributed by atoms with E-state index in [2.05, 4.69) is 0 Å². The van der Waals surface area contributed by atoms with E-state index in [0.29, 0.717) is 0 Å². The lowest BCUT2D eigenvalue weighted by molar-refractivity contribution is 0.744. The van der Waals surface area contributed by atoms with Crippen LogP contribution >= 0.6 is 8.54 Å². The van der Waals surface area contributed by atoms with Crippen LogP contribution in [0.15, 0.2) is 0 Å². The Morgan fingerprint density at radius 1 is 1.60 bits per heavy atom. The summed E-state index contributed by atoms with van der Waals surface area (Å²) in [5, 5.41) is 0. The highest BCUT2D eigenvalue weighted by Crippen LogP contribution is 2.36. The number of hydrogen-bond donors (Lipinski definition) is 0. The zero-order valence-electron chi connectivity index (χ0n) is 2.91. The maximum absolute atomic E-state index is 10.8. The molecular formula is C2H5F2P. The average molecular weight is 98.0 g/mol. The lowest BCUT2D eigenvalue weighted by Crippen LogP contribution is -1.53. The van der Waals surface area contributed by atoms with Gasteiger partial charge in [-0.05, 0) is 0 Å². The van der Waals surface area contributed by atoms with E-state index in [-0.39, 0.29) is 6.16 Å². The molecule has 0 aromatic carbocycles. The molecule has 3 heteroatoms. The van der Waals surface area contributed by atoms with Crippen molar-refractivity contribution in [2.45, 2.75) is 6.92 Å². The molecule has 0 saturated carbocycles. The standard InChI is InChI=1S/C2H5F2P/c1-2-5(3)4/h2H2,1H3. The Labute approximate surface area is 31.2 Å². The van der Waals surface area contributed by atoms with Crippen LogP contribution in [-0.2, 0) is 0 Å². The van der Waals surface area contributed by atoms with E-state index in [1.165, 1.54) is 6.92 Å². The van der Waals surface area contributed by atoms with Crippen LogP contribution in [0.4, 0.5) is 8.39 Å². The van der Waals surface area contributed by atoms with Gasteiger partial charge in [-0.15, -0.1) is 0 Å². The van der Waals surface area contributed by atoms with Gasteiger partial charge in [0.25, 0.3) is 8.54 Å². The van der Waals surface area contributed by atoms with Crippen LogP contribution in [0.25, 0.3) is 0 Å². The largest absolute Gasteiger partial charge is 0.265 e. The Morgan fingerprint density at radius 3 is 1.80 bits per heavy atom. The van der Waals surface area contributed by atoms with Gasteiger partial charge in [0.15, 0.2) is 0 Å². The number of hydrogen-bond acceptors (Lipinski definition) is 0. The maximum atomic E-state index is 10.8. The molecule has 0 aromatic rings. The van der Waals surface area contributed by atoms with Crippen LogP contribution in [0.3, 0.4) is 0 Å². The summed E-state index contributed by atoms with van der Waals surface area (Å²) in [6.07, 6.45) is 0.0370. The fourth-order valence-electron chi connectivity index (χ4n) is 0. The van der Waals surface area contributed by atoms with Crippen molar-refractivity contribution in [2.75, 3.05) is 6.16 Å². The average Bonchev–Trinajstić information content (AvgIpc) is 1.38. The lowest BCUT2D eigenvalue weighted by atomic mass is 11.0. The highest BCUT2D eigenvalue weighted by molar-refractivity contribution is 7.46. The SMILES string of the molecule is CCP(F)F. The summed E-state index contributed by atoms with van der Waals surface area (Å²) >= 11 is 0. The molecule has 0 radical (unpaired) electrons. The smallest absolute Gasteiger partial charge is 0.189 e. The molecule has 0 aliphatic rings. The second-order valence-electron chi connectivity index (χ2n) is 0.619. The van der Waals surface area contributed by atoms with E-state index in [4.69, 9.17) is 0 Å². The van der Waals surface area contributed by atoms with Crippen LogP contribution in [0.5, 0.6) is 0 Å². The molecule has 5 heavy (non-hydrogen) atoms. The van der Waals surface area contributed by atoms with Gasteiger partial charge >= 0.3 is 0 Å². The van der Waals surface area contributed by atoms with Crippen LogP contribution in [0.1, 0.15) is 6.92 Å². The fraction of sp³-hybridized carbons (Fsp3) is 1.00. The first kappa shape index (κ1) is 5.29. The highest BCUT2D eigenvalue weighted by Gasteiger charge is 1.93. The Morgan fingerprint density at radius 2 is 1.80 bits per heavy atom. The molecule has 0 rings (SSSR count). The Bertz CT molecular complexity index is 21.6. The zero-order valence-corrected chi connectivity index (χ0v) is 3.80. The van der Waals surface area contributed by atoms with Crippen molar-refractivity contribution in [3.8, 4) is 0 Å². The molecule has 0 amide bonds. The molecule has 0 heterocycles. The molecular weight excluding hydrogens is 93.0 g/mol. The summed E-state index contributed by atoms with van der Waals surface area (Å²) in [7, 11) is -2.60. The van der Waals surface area contributed by atoms with Crippen molar-refractivity contribution >= 4 is 8.54 Å². The van der Waals surface area contributed by atoms with E-state index in [0.717, 1.165) is 0 Å². The molecule has 0 aromatic heterocycles. The van der Waals surface area contributed by atoms with Crippen molar-refractivity contribution in [1.82, 2.24) is 0 Å². The summed E-state index contributed by atoms with van der Waals surface area (Å²) in [5.41, 5.74) is 0. The van der Waals surface area contributed by atoms with E-state index in [9.17, 15) is 8.39 Å². The molecule has 0 nitrogen and oxygen atoms in total. The normalized spacial score (nSPS) is 9.60. The predicted octanol–water partition coefficient (Wildman–Crippen LogP) is 2.26. The van der Waals surface area contributed by atoms with E-state index in [1.807, 2.05) is 0 Å². The molecule has 0 atom stereocenters. The van der Waals surface area contributed by atoms with Crippen molar-refractivity contribution in [3.63, 3.8) is 0 Å². The van der Waals surface area contributed by atoms with Gasteiger partial charge in [-0.3, -0.25) is 0 Å². The van der Waals surface area contributed by atoms with Gasteiger partial charge in [-0.2, -0.15) is 8.39 Å². The molecule has 0 aliphatic heterocycles. The van der Waals surface area contributed by atoms with Gasteiger partial charge in [0.05, 0.1) is 0 Å². The number of halogens is 2. The van der Waals surface area contributed by atoms with Crippen LogP contribution < -0.4 is 0 Å².